The van der Waals surface area contributed by atoms with Crippen LogP contribution < -0.4 is 14.8 Å². The van der Waals surface area contributed by atoms with Gasteiger partial charge in [-0.25, -0.2) is 4.39 Å². The average Bonchev–Trinajstić information content (AvgIpc) is 3.34. The summed E-state index contributed by atoms with van der Waals surface area (Å²) in [4.78, 5) is 27.9. The Balaban J connectivity index is 1.58. The number of benzene rings is 3. The summed E-state index contributed by atoms with van der Waals surface area (Å²) in [5.74, 6) is 0.396. The molecular formula is C27H27FN2O4. The molecule has 1 aliphatic heterocycles. The number of hydrogen-bond acceptors (Lipinski definition) is 4. The zero-order valence-corrected chi connectivity index (χ0v) is 19.0. The zero-order chi connectivity index (χ0) is 23.9. The van der Waals surface area contributed by atoms with Gasteiger partial charge in [-0.05, 0) is 35.7 Å². The maximum atomic E-state index is 14.5. The van der Waals surface area contributed by atoms with Crippen molar-refractivity contribution in [1.82, 2.24) is 10.2 Å². The van der Waals surface area contributed by atoms with Gasteiger partial charge < -0.3 is 19.7 Å². The first-order valence-electron chi connectivity index (χ1n) is 11.2. The van der Waals surface area contributed by atoms with E-state index in [0.717, 1.165) is 11.1 Å². The first kappa shape index (κ1) is 23.3. The van der Waals surface area contributed by atoms with Gasteiger partial charge in [-0.1, -0.05) is 54.6 Å². The third-order valence-corrected chi connectivity index (χ3v) is 5.88. The molecule has 2 amide bonds. The summed E-state index contributed by atoms with van der Waals surface area (Å²) in [7, 11) is 1.54. The van der Waals surface area contributed by atoms with Crippen molar-refractivity contribution in [3.05, 3.63) is 95.3 Å². The van der Waals surface area contributed by atoms with E-state index in [-0.39, 0.29) is 31.6 Å². The van der Waals surface area contributed by atoms with E-state index in [1.165, 1.54) is 11.0 Å². The molecule has 0 aromatic heterocycles. The number of fused-ring (bicyclic) bond motifs is 1. The minimum Gasteiger partial charge on any atom is -0.454 e. The number of halogens is 1. The molecule has 0 radical (unpaired) electrons. The molecule has 3 aromatic carbocycles. The third kappa shape index (κ3) is 5.54. The van der Waals surface area contributed by atoms with Crippen molar-refractivity contribution in [3.63, 3.8) is 0 Å². The van der Waals surface area contributed by atoms with Crippen LogP contribution in [0.15, 0.2) is 72.8 Å². The molecule has 0 fully saturated rings. The number of carbonyl (C=O) groups excluding carboxylic acids is 2. The van der Waals surface area contributed by atoms with Gasteiger partial charge in [-0.3, -0.25) is 9.59 Å². The van der Waals surface area contributed by atoms with Crippen molar-refractivity contribution in [1.29, 1.82) is 0 Å². The van der Waals surface area contributed by atoms with Crippen LogP contribution >= 0.6 is 0 Å². The third-order valence-electron chi connectivity index (χ3n) is 5.88. The van der Waals surface area contributed by atoms with E-state index in [0.29, 0.717) is 29.9 Å². The van der Waals surface area contributed by atoms with Crippen LogP contribution in [0.4, 0.5) is 4.39 Å². The summed E-state index contributed by atoms with van der Waals surface area (Å²) in [5, 5.41) is 2.67. The quantitative estimate of drug-likeness (QED) is 0.524. The molecule has 0 bridgehead atoms. The second-order valence-electron chi connectivity index (χ2n) is 8.12. The van der Waals surface area contributed by atoms with Crippen molar-refractivity contribution in [2.24, 2.45) is 0 Å². The van der Waals surface area contributed by atoms with Crippen LogP contribution in [0.3, 0.4) is 0 Å². The number of carbonyl (C=O) groups is 2. The lowest BCUT2D eigenvalue weighted by molar-refractivity contribution is -0.141. The van der Waals surface area contributed by atoms with Crippen molar-refractivity contribution in [3.8, 4) is 11.5 Å². The van der Waals surface area contributed by atoms with Gasteiger partial charge >= 0.3 is 0 Å². The maximum absolute atomic E-state index is 14.5. The number of rotatable bonds is 9. The highest BCUT2D eigenvalue weighted by molar-refractivity contribution is 5.88. The Kier molecular flexibility index (Phi) is 7.42. The standard InChI is InChI=1S/C27H27FN2O4/c1-29-27(32)23(15-19-7-3-2-4-8-19)30(17-21-9-5-6-10-22(21)28)26(31)14-12-20-11-13-24-25(16-20)34-18-33-24/h2-11,13,16,23H,12,14-15,17-18H2,1H3,(H,29,32)/t23-/m1/s1. The lowest BCUT2D eigenvalue weighted by Crippen LogP contribution is -2.49. The average molecular weight is 463 g/mol. The Morgan fingerprint density at radius 3 is 2.47 bits per heavy atom. The van der Waals surface area contributed by atoms with Crippen molar-refractivity contribution >= 4 is 11.8 Å². The summed E-state index contributed by atoms with van der Waals surface area (Å²) in [6.07, 6.45) is 0.941. The van der Waals surface area contributed by atoms with Crippen molar-refractivity contribution < 1.29 is 23.5 Å². The van der Waals surface area contributed by atoms with Gasteiger partial charge in [-0.2, -0.15) is 0 Å². The molecule has 1 atom stereocenters. The van der Waals surface area contributed by atoms with Gasteiger partial charge in [0.05, 0.1) is 0 Å². The Labute approximate surface area is 198 Å². The van der Waals surface area contributed by atoms with Crippen LogP contribution in [-0.4, -0.2) is 36.6 Å². The zero-order valence-electron chi connectivity index (χ0n) is 19.0. The van der Waals surface area contributed by atoms with E-state index in [1.807, 2.05) is 48.5 Å². The minimum atomic E-state index is -0.781. The fourth-order valence-electron chi connectivity index (χ4n) is 4.02. The highest BCUT2D eigenvalue weighted by atomic mass is 19.1. The number of likely N-dealkylation sites (N-methyl/N-ethyl adjacent to an activating group) is 1. The molecule has 0 spiro atoms. The molecule has 0 saturated heterocycles. The number of nitrogens with zero attached hydrogens (tertiary/aromatic N) is 1. The van der Waals surface area contributed by atoms with Crippen LogP contribution in [0.1, 0.15) is 23.1 Å². The predicted molar refractivity (Wildman–Crippen MR) is 126 cm³/mol. The first-order chi connectivity index (χ1) is 16.5. The monoisotopic (exact) mass is 462 g/mol. The fraction of sp³-hybridized carbons (Fsp3) is 0.259. The van der Waals surface area contributed by atoms with Gasteiger partial charge in [0.2, 0.25) is 18.6 Å². The van der Waals surface area contributed by atoms with E-state index in [2.05, 4.69) is 5.32 Å². The molecule has 0 saturated carbocycles. The molecule has 1 aliphatic rings. The van der Waals surface area contributed by atoms with Gasteiger partial charge in [0.25, 0.3) is 0 Å². The van der Waals surface area contributed by atoms with Crippen LogP contribution in [0.5, 0.6) is 11.5 Å². The SMILES string of the molecule is CNC(=O)[C@@H](Cc1ccccc1)N(Cc1ccccc1F)C(=O)CCc1ccc2c(c1)OCO2. The molecule has 7 heteroatoms. The summed E-state index contributed by atoms with van der Waals surface area (Å²) >= 11 is 0. The van der Waals surface area contributed by atoms with Crippen LogP contribution in [0.25, 0.3) is 0 Å². The van der Waals surface area contributed by atoms with Gasteiger partial charge in [-0.15, -0.1) is 0 Å². The Morgan fingerprint density at radius 1 is 0.971 bits per heavy atom. The molecule has 3 aromatic rings. The molecule has 0 unspecified atom stereocenters. The van der Waals surface area contributed by atoms with Crippen LogP contribution in [0.2, 0.25) is 0 Å². The Morgan fingerprint density at radius 2 is 1.71 bits per heavy atom. The summed E-state index contributed by atoms with van der Waals surface area (Å²) < 4.78 is 25.3. The van der Waals surface area contributed by atoms with Crippen molar-refractivity contribution in [2.45, 2.75) is 31.8 Å². The normalized spacial score (nSPS) is 12.8. The highest BCUT2D eigenvalue weighted by Crippen LogP contribution is 2.33. The molecule has 176 valence electrons. The lowest BCUT2D eigenvalue weighted by Gasteiger charge is -2.31. The molecule has 0 aliphatic carbocycles. The van der Waals surface area contributed by atoms with Gasteiger partial charge in [0, 0.05) is 32.0 Å². The number of amides is 2. The smallest absolute Gasteiger partial charge is 0.242 e. The van der Waals surface area contributed by atoms with E-state index in [9.17, 15) is 14.0 Å². The predicted octanol–water partition coefficient (Wildman–Crippen LogP) is 3.87. The topological polar surface area (TPSA) is 67.9 Å². The van der Waals surface area contributed by atoms with Crippen molar-refractivity contribution in [2.75, 3.05) is 13.8 Å². The van der Waals surface area contributed by atoms with Gasteiger partial charge in [0.1, 0.15) is 11.9 Å². The van der Waals surface area contributed by atoms with E-state index >= 15 is 0 Å². The second kappa shape index (κ2) is 10.8. The number of hydrogen-bond donors (Lipinski definition) is 1. The lowest BCUT2D eigenvalue weighted by atomic mass is 10.0. The number of nitrogens with one attached hydrogen (secondary N) is 1. The maximum Gasteiger partial charge on any atom is 0.242 e. The second-order valence-corrected chi connectivity index (χ2v) is 8.12. The largest absolute Gasteiger partial charge is 0.454 e. The van der Waals surface area contributed by atoms with Gasteiger partial charge in [0.15, 0.2) is 11.5 Å². The Hall–Kier alpha value is -3.87. The summed E-state index contributed by atoms with van der Waals surface area (Å²) in [6.45, 7) is 0.180. The minimum absolute atomic E-state index is 0.00241. The fourth-order valence-corrected chi connectivity index (χ4v) is 4.02. The number of aryl methyl sites for hydroxylation is 1. The highest BCUT2D eigenvalue weighted by Gasteiger charge is 2.30. The molecule has 1 heterocycles. The Bertz CT molecular complexity index is 1150. The van der Waals surface area contributed by atoms with E-state index in [4.69, 9.17) is 9.47 Å². The summed E-state index contributed by atoms with van der Waals surface area (Å²) in [5.41, 5.74) is 2.20. The molecule has 4 rings (SSSR count). The van der Waals surface area contributed by atoms with E-state index in [1.54, 1.807) is 25.2 Å². The molecule has 6 nitrogen and oxygen atoms in total. The molecule has 1 N–H and O–H groups in total. The first-order valence-corrected chi connectivity index (χ1v) is 11.2. The molecular weight excluding hydrogens is 435 g/mol. The number of ether oxygens (including phenoxy) is 2. The van der Waals surface area contributed by atoms with Crippen LogP contribution in [0, 0.1) is 5.82 Å². The summed E-state index contributed by atoms with van der Waals surface area (Å²) in [6, 6.07) is 20.6. The van der Waals surface area contributed by atoms with Crippen LogP contribution in [-0.2, 0) is 29.0 Å². The molecule has 34 heavy (non-hydrogen) atoms. The van der Waals surface area contributed by atoms with E-state index < -0.39 is 11.9 Å².